The van der Waals surface area contributed by atoms with E-state index in [1.165, 1.54) is 6.07 Å². The summed E-state index contributed by atoms with van der Waals surface area (Å²) in [6, 6.07) is 6.98. The Balaban J connectivity index is 2.09. The molecule has 0 spiro atoms. The average Bonchev–Trinajstić information content (AvgIpc) is 2.95. The van der Waals surface area contributed by atoms with E-state index in [0.717, 1.165) is 17.4 Å². The van der Waals surface area contributed by atoms with Crippen LogP contribution in [0.4, 0.5) is 8.78 Å². The van der Waals surface area contributed by atoms with Crippen LogP contribution in [0.3, 0.4) is 0 Å². The Hall–Kier alpha value is -2.22. The van der Waals surface area contributed by atoms with Gasteiger partial charge in [0.15, 0.2) is 0 Å². The Morgan fingerprint density at radius 3 is 2.62 bits per heavy atom. The third kappa shape index (κ3) is 2.72. The van der Waals surface area contributed by atoms with Gasteiger partial charge in [0.25, 0.3) is 12.0 Å². The zero-order chi connectivity index (χ0) is 18.6. The summed E-state index contributed by atoms with van der Waals surface area (Å²) in [5.74, 6) is -0.275. The average molecular weight is 413 g/mol. The number of halogens is 4. The van der Waals surface area contributed by atoms with Gasteiger partial charge in [-0.25, -0.2) is 13.8 Å². The first-order chi connectivity index (χ1) is 12.3. The molecule has 0 fully saturated rings. The number of hydrogen-bond donors (Lipinski definition) is 2. The van der Waals surface area contributed by atoms with Crippen LogP contribution < -0.4 is 5.56 Å². The molecule has 0 saturated carbocycles. The zero-order valence-electron chi connectivity index (χ0n) is 12.7. The molecule has 1 aromatic carbocycles. The first-order valence-corrected chi connectivity index (χ1v) is 8.85. The van der Waals surface area contributed by atoms with E-state index in [-0.39, 0.29) is 32.1 Å². The molecule has 0 aliphatic rings. The summed E-state index contributed by atoms with van der Waals surface area (Å²) >= 11 is 12.9. The number of fused-ring (bicyclic) bond motifs is 3. The van der Waals surface area contributed by atoms with Crippen molar-refractivity contribution in [1.82, 2.24) is 9.97 Å². The van der Waals surface area contributed by atoms with Crippen molar-refractivity contribution in [3.05, 3.63) is 56.3 Å². The Morgan fingerprint density at radius 2 is 1.92 bits per heavy atom. The molecule has 0 radical (unpaired) electrons. The lowest BCUT2D eigenvalue weighted by molar-refractivity contribution is 0.153. The lowest BCUT2D eigenvalue weighted by atomic mass is 10.1. The van der Waals surface area contributed by atoms with Crippen molar-refractivity contribution in [2.75, 3.05) is 0 Å². The molecule has 0 atom stereocenters. The van der Waals surface area contributed by atoms with Gasteiger partial charge in [0.2, 0.25) is 0 Å². The third-order valence-electron chi connectivity index (χ3n) is 3.89. The van der Waals surface area contributed by atoms with Crippen molar-refractivity contribution < 1.29 is 13.9 Å². The second-order valence-electron chi connectivity index (χ2n) is 5.53. The minimum atomic E-state index is -2.80. The first kappa shape index (κ1) is 17.2. The highest BCUT2D eigenvalue weighted by atomic mass is 35.5. The number of thiophene rings is 1. The highest BCUT2D eigenvalue weighted by molar-refractivity contribution is 7.25. The summed E-state index contributed by atoms with van der Waals surface area (Å²) in [6.45, 7) is 0. The number of aromatic nitrogens is 2. The quantitative estimate of drug-likeness (QED) is 0.440. The van der Waals surface area contributed by atoms with Crippen LogP contribution in [0.25, 0.3) is 31.7 Å². The zero-order valence-corrected chi connectivity index (χ0v) is 15.0. The predicted molar refractivity (Wildman–Crippen MR) is 99.8 cm³/mol. The van der Waals surface area contributed by atoms with Gasteiger partial charge in [-0.1, -0.05) is 29.3 Å². The highest BCUT2D eigenvalue weighted by Crippen LogP contribution is 2.42. The maximum absolute atomic E-state index is 13.7. The number of aromatic amines is 1. The number of aromatic hydroxyl groups is 1. The molecule has 4 rings (SSSR count). The molecule has 0 aliphatic carbocycles. The summed E-state index contributed by atoms with van der Waals surface area (Å²) < 4.78 is 27.7. The van der Waals surface area contributed by atoms with E-state index in [2.05, 4.69) is 9.97 Å². The maximum atomic E-state index is 13.7. The Morgan fingerprint density at radius 1 is 1.15 bits per heavy atom. The molecule has 132 valence electrons. The molecule has 0 aliphatic heterocycles. The van der Waals surface area contributed by atoms with Crippen LogP contribution in [-0.2, 0) is 0 Å². The van der Waals surface area contributed by atoms with Gasteiger partial charge < -0.3 is 10.1 Å². The number of pyridine rings is 2. The molecule has 3 aromatic heterocycles. The van der Waals surface area contributed by atoms with Crippen LogP contribution in [0.15, 0.2) is 35.1 Å². The van der Waals surface area contributed by atoms with E-state index in [0.29, 0.717) is 21.0 Å². The van der Waals surface area contributed by atoms with Crippen LogP contribution in [0, 0.1) is 0 Å². The largest absolute Gasteiger partial charge is 0.506 e. The molecule has 4 nitrogen and oxygen atoms in total. The second-order valence-corrected chi connectivity index (χ2v) is 7.34. The van der Waals surface area contributed by atoms with Gasteiger partial charge in [-0.3, -0.25) is 4.79 Å². The number of H-pyrrole nitrogens is 1. The summed E-state index contributed by atoms with van der Waals surface area (Å²) in [4.78, 5) is 18.8. The smallest absolute Gasteiger partial charge is 0.264 e. The topological polar surface area (TPSA) is 66.0 Å². The van der Waals surface area contributed by atoms with Crippen LogP contribution in [0.5, 0.6) is 5.75 Å². The van der Waals surface area contributed by atoms with Crippen molar-refractivity contribution in [3.63, 3.8) is 0 Å². The molecule has 0 unspecified atom stereocenters. The van der Waals surface area contributed by atoms with Gasteiger partial charge in [-0.15, -0.1) is 11.3 Å². The molecule has 0 saturated heterocycles. The fourth-order valence-corrected chi connectivity index (χ4v) is 4.13. The van der Waals surface area contributed by atoms with Crippen molar-refractivity contribution in [2.24, 2.45) is 0 Å². The monoisotopic (exact) mass is 412 g/mol. The molecule has 0 bridgehead atoms. The molecular weight excluding hydrogens is 405 g/mol. The van der Waals surface area contributed by atoms with Crippen LogP contribution in [0.2, 0.25) is 10.0 Å². The Labute approximate surface area is 158 Å². The van der Waals surface area contributed by atoms with Gasteiger partial charge in [-0.2, -0.15) is 0 Å². The third-order valence-corrected chi connectivity index (χ3v) is 5.74. The number of rotatable bonds is 2. The fraction of sp³-hybridized carbons (Fsp3) is 0.0588. The number of benzene rings is 1. The molecule has 9 heteroatoms. The summed E-state index contributed by atoms with van der Waals surface area (Å²) in [7, 11) is 0. The van der Waals surface area contributed by atoms with E-state index in [9.17, 15) is 18.7 Å². The number of nitrogens with zero attached hydrogens (tertiary/aromatic N) is 1. The van der Waals surface area contributed by atoms with Crippen molar-refractivity contribution in [3.8, 4) is 17.0 Å². The lowest BCUT2D eigenvalue weighted by Crippen LogP contribution is -2.02. The highest BCUT2D eigenvalue weighted by Gasteiger charge is 2.21. The molecule has 2 N–H and O–H groups in total. The van der Waals surface area contributed by atoms with Gasteiger partial charge in [-0.05, 0) is 18.2 Å². The maximum Gasteiger partial charge on any atom is 0.264 e. The summed E-state index contributed by atoms with van der Waals surface area (Å²) in [6.07, 6.45) is -2.80. The van der Waals surface area contributed by atoms with Gasteiger partial charge in [0.05, 0.1) is 26.0 Å². The van der Waals surface area contributed by atoms with E-state index in [1.807, 2.05) is 0 Å². The lowest BCUT2D eigenvalue weighted by Gasteiger charge is -2.08. The Kier molecular flexibility index (Phi) is 4.10. The van der Waals surface area contributed by atoms with E-state index >= 15 is 0 Å². The predicted octanol–water partition coefficient (Wildman–Crippen LogP) is 5.75. The normalized spacial score (nSPS) is 11.7. The second kappa shape index (κ2) is 6.19. The fourth-order valence-electron chi connectivity index (χ4n) is 2.75. The molecule has 26 heavy (non-hydrogen) atoms. The van der Waals surface area contributed by atoms with Crippen LogP contribution in [-0.4, -0.2) is 15.1 Å². The number of alkyl halides is 2. The van der Waals surface area contributed by atoms with Crippen molar-refractivity contribution in [1.29, 1.82) is 0 Å². The van der Waals surface area contributed by atoms with Gasteiger partial charge in [0.1, 0.15) is 10.6 Å². The number of nitrogens with one attached hydrogen (secondary N) is 1. The van der Waals surface area contributed by atoms with Crippen molar-refractivity contribution >= 4 is 55.0 Å². The standard InChI is InChI=1S/C17H8Cl2F2N2O2S/c18-8-2-1-6(3-9(8)19)10-4-7(16(20)21)13-14-15(26-17(13)22-10)11(24)5-12(25)23-14/h1-5,16H,(H2,23,24,25). The van der Waals surface area contributed by atoms with Gasteiger partial charge >= 0.3 is 0 Å². The van der Waals surface area contributed by atoms with Crippen molar-refractivity contribution in [2.45, 2.75) is 6.43 Å². The number of hydrogen-bond acceptors (Lipinski definition) is 4. The minimum Gasteiger partial charge on any atom is -0.506 e. The van der Waals surface area contributed by atoms with E-state index < -0.39 is 12.0 Å². The minimum absolute atomic E-state index is 0.122. The molecule has 4 aromatic rings. The molecule has 0 amide bonds. The molecule has 3 heterocycles. The molecular formula is C17H8Cl2F2N2O2S. The van der Waals surface area contributed by atoms with Crippen LogP contribution >= 0.6 is 34.5 Å². The van der Waals surface area contributed by atoms with E-state index in [4.69, 9.17) is 23.2 Å². The summed E-state index contributed by atoms with van der Waals surface area (Å²) in [5.41, 5.74) is 0.101. The first-order valence-electron chi connectivity index (χ1n) is 7.28. The van der Waals surface area contributed by atoms with E-state index in [1.54, 1.807) is 18.2 Å². The summed E-state index contributed by atoms with van der Waals surface area (Å²) in [5, 5.41) is 10.7. The van der Waals surface area contributed by atoms with Crippen LogP contribution in [0.1, 0.15) is 12.0 Å². The van der Waals surface area contributed by atoms with Gasteiger partial charge in [0, 0.05) is 22.6 Å². The Bertz CT molecular complexity index is 1240. The SMILES string of the molecule is O=c1cc(O)c2sc3nc(-c4ccc(Cl)c(Cl)c4)cc(C(F)F)c3c2[nH]1.